The summed E-state index contributed by atoms with van der Waals surface area (Å²) in [6, 6.07) is 12.0. The van der Waals surface area contributed by atoms with Gasteiger partial charge < -0.3 is 20.4 Å². The summed E-state index contributed by atoms with van der Waals surface area (Å²) in [5.74, 6) is 0.622. The van der Waals surface area contributed by atoms with E-state index >= 15 is 0 Å². The van der Waals surface area contributed by atoms with Crippen molar-refractivity contribution in [1.82, 2.24) is 10.2 Å². The van der Waals surface area contributed by atoms with Crippen molar-refractivity contribution in [3.8, 4) is 11.5 Å². The fourth-order valence-electron chi connectivity index (χ4n) is 4.83. The third-order valence-electron chi connectivity index (χ3n) is 6.61. The number of nitrogens with zero attached hydrogens (tertiary/aromatic N) is 1. The number of aromatic hydroxyl groups is 2. The number of nitrogens with one attached hydrogen (secondary N) is 1. The second kappa shape index (κ2) is 16.8. The van der Waals surface area contributed by atoms with Gasteiger partial charge in [-0.2, -0.15) is 0 Å². The van der Waals surface area contributed by atoms with Gasteiger partial charge in [0, 0.05) is 6.04 Å². The molecule has 0 aliphatic heterocycles. The lowest BCUT2D eigenvalue weighted by atomic mass is 9.86. The van der Waals surface area contributed by atoms with E-state index in [-0.39, 0.29) is 39.7 Å². The number of hydrogen-bond donors (Lipinski definition) is 3. The van der Waals surface area contributed by atoms with E-state index in [9.17, 15) is 10.2 Å². The average Bonchev–Trinajstić information content (AvgIpc) is 2.79. The van der Waals surface area contributed by atoms with E-state index < -0.39 is 0 Å². The molecule has 7 heteroatoms. The zero-order valence-corrected chi connectivity index (χ0v) is 24.5. The van der Waals surface area contributed by atoms with Crippen LogP contribution in [0.3, 0.4) is 0 Å². The van der Waals surface area contributed by atoms with Gasteiger partial charge in [-0.3, -0.25) is 0 Å². The molecule has 1 unspecified atom stereocenters. The summed E-state index contributed by atoms with van der Waals surface area (Å²) in [7, 11) is 0. The number of unbranched alkanes of at least 4 members (excludes halogenated alkanes) is 3. The molecule has 3 N–H and O–H groups in total. The van der Waals surface area contributed by atoms with Crippen molar-refractivity contribution in [2.75, 3.05) is 26.2 Å². The Morgan fingerprint density at radius 3 is 2.53 bits per heavy atom. The summed E-state index contributed by atoms with van der Waals surface area (Å²) < 4.78 is 0. The van der Waals surface area contributed by atoms with Crippen molar-refractivity contribution >= 4 is 45.6 Å². The normalized spacial score (nSPS) is 14.9. The maximum atomic E-state index is 10.1. The molecule has 1 aliphatic rings. The number of halogens is 3. The first kappa shape index (κ1) is 31.2. The number of phenolic OH excluding ortho intramolecular Hbond substituents is 2. The first-order valence-corrected chi connectivity index (χ1v) is 12.7. The Morgan fingerprint density at radius 2 is 1.76 bits per heavy atom. The SMILES string of the molecule is Br.Br.CCCN(CCCCCCNCCc1ccc(O)c(Cl)c1)C1CCc2c(O)cccc2C1. The molecule has 0 radical (unpaired) electrons. The highest BCUT2D eigenvalue weighted by molar-refractivity contribution is 8.93. The van der Waals surface area contributed by atoms with Gasteiger partial charge in [-0.25, -0.2) is 0 Å². The molecule has 1 atom stereocenters. The maximum absolute atomic E-state index is 10.1. The number of fused-ring (bicyclic) bond motifs is 1. The van der Waals surface area contributed by atoms with Crippen LogP contribution in [0.2, 0.25) is 5.02 Å². The minimum atomic E-state index is 0. The molecule has 0 spiro atoms. The average molecular weight is 621 g/mol. The topological polar surface area (TPSA) is 55.7 Å². The van der Waals surface area contributed by atoms with Crippen molar-refractivity contribution < 1.29 is 10.2 Å². The van der Waals surface area contributed by atoms with Crippen LogP contribution in [0.25, 0.3) is 0 Å². The monoisotopic (exact) mass is 618 g/mol. The van der Waals surface area contributed by atoms with Crippen LogP contribution in [0.4, 0.5) is 0 Å². The number of benzene rings is 2. The summed E-state index contributed by atoms with van der Waals surface area (Å²) in [5, 5.41) is 23.5. The minimum Gasteiger partial charge on any atom is -0.508 e. The zero-order valence-electron chi connectivity index (χ0n) is 20.3. The Hall–Kier alpha value is -0.790. The van der Waals surface area contributed by atoms with Crippen LogP contribution in [0.1, 0.15) is 62.1 Å². The van der Waals surface area contributed by atoms with E-state index in [1.54, 1.807) is 6.07 Å². The van der Waals surface area contributed by atoms with E-state index in [1.807, 2.05) is 24.3 Å². The molecule has 0 heterocycles. The van der Waals surface area contributed by atoms with Gasteiger partial charge >= 0.3 is 0 Å². The summed E-state index contributed by atoms with van der Waals surface area (Å²) in [6.07, 6.45) is 10.3. The molecule has 192 valence electrons. The number of phenols is 2. The first-order chi connectivity index (χ1) is 15.6. The molecule has 1 aliphatic carbocycles. The van der Waals surface area contributed by atoms with Crippen LogP contribution < -0.4 is 5.32 Å². The van der Waals surface area contributed by atoms with E-state index in [1.165, 1.54) is 56.3 Å². The highest BCUT2D eigenvalue weighted by Gasteiger charge is 2.24. The van der Waals surface area contributed by atoms with Crippen LogP contribution in [0.15, 0.2) is 36.4 Å². The lowest BCUT2D eigenvalue weighted by Crippen LogP contribution is -2.40. The number of hydrogen-bond acceptors (Lipinski definition) is 4. The predicted molar refractivity (Wildman–Crippen MR) is 155 cm³/mol. The van der Waals surface area contributed by atoms with Crippen LogP contribution in [0.5, 0.6) is 11.5 Å². The van der Waals surface area contributed by atoms with Gasteiger partial charge in [-0.05, 0) is 106 Å². The molecule has 0 amide bonds. The summed E-state index contributed by atoms with van der Waals surface area (Å²) in [4.78, 5) is 2.69. The van der Waals surface area contributed by atoms with E-state index in [0.717, 1.165) is 44.3 Å². The van der Waals surface area contributed by atoms with Gasteiger partial charge in [0.2, 0.25) is 0 Å². The predicted octanol–water partition coefficient (Wildman–Crippen LogP) is 6.87. The van der Waals surface area contributed by atoms with Gasteiger partial charge in [0.25, 0.3) is 0 Å². The first-order valence-electron chi connectivity index (χ1n) is 12.3. The molecule has 2 aromatic carbocycles. The van der Waals surface area contributed by atoms with Crippen molar-refractivity contribution in [1.29, 1.82) is 0 Å². The van der Waals surface area contributed by atoms with Gasteiger partial charge in [0.05, 0.1) is 5.02 Å². The van der Waals surface area contributed by atoms with Crippen molar-refractivity contribution in [2.24, 2.45) is 0 Å². The van der Waals surface area contributed by atoms with Crippen LogP contribution >= 0.6 is 45.6 Å². The third-order valence-corrected chi connectivity index (χ3v) is 6.91. The summed E-state index contributed by atoms with van der Waals surface area (Å²) in [5.41, 5.74) is 3.65. The molecule has 0 saturated heterocycles. The summed E-state index contributed by atoms with van der Waals surface area (Å²) in [6.45, 7) is 6.61. The fraction of sp³-hybridized carbons (Fsp3) is 0.556. The smallest absolute Gasteiger partial charge is 0.134 e. The van der Waals surface area contributed by atoms with Gasteiger partial charge in [-0.15, -0.1) is 34.0 Å². The van der Waals surface area contributed by atoms with Gasteiger partial charge in [-0.1, -0.05) is 49.6 Å². The lowest BCUT2D eigenvalue weighted by molar-refractivity contribution is 0.175. The van der Waals surface area contributed by atoms with Gasteiger partial charge in [0.1, 0.15) is 11.5 Å². The molecule has 0 bridgehead atoms. The Labute approximate surface area is 231 Å². The van der Waals surface area contributed by atoms with Crippen LogP contribution in [-0.2, 0) is 19.3 Å². The molecule has 4 nitrogen and oxygen atoms in total. The highest BCUT2D eigenvalue weighted by atomic mass is 79.9. The molecule has 0 fully saturated rings. The lowest BCUT2D eigenvalue weighted by Gasteiger charge is -2.35. The fourth-order valence-corrected chi connectivity index (χ4v) is 5.03. The molecular weight excluding hydrogens is 580 g/mol. The number of rotatable bonds is 13. The Bertz CT molecular complexity index is 853. The molecule has 2 aromatic rings. The van der Waals surface area contributed by atoms with E-state index in [4.69, 9.17) is 11.6 Å². The maximum Gasteiger partial charge on any atom is 0.134 e. The van der Waals surface area contributed by atoms with Crippen molar-refractivity contribution in [3.63, 3.8) is 0 Å². The third kappa shape index (κ3) is 9.69. The zero-order chi connectivity index (χ0) is 22.8. The second-order valence-electron chi connectivity index (χ2n) is 9.05. The largest absolute Gasteiger partial charge is 0.508 e. The van der Waals surface area contributed by atoms with Crippen LogP contribution in [0, 0.1) is 0 Å². The minimum absolute atomic E-state index is 0. The molecule has 0 aromatic heterocycles. The van der Waals surface area contributed by atoms with Gasteiger partial charge in [0.15, 0.2) is 0 Å². The second-order valence-corrected chi connectivity index (χ2v) is 9.45. The van der Waals surface area contributed by atoms with E-state index in [2.05, 4.69) is 23.2 Å². The Morgan fingerprint density at radius 1 is 0.971 bits per heavy atom. The molecule has 3 rings (SSSR count). The molecule has 0 saturated carbocycles. The standard InChI is InChI=1S/C27H39ClN2O2.2BrH/c1-2-17-30(23-11-12-24-22(20-23)8-7-9-26(24)31)18-6-4-3-5-15-29-16-14-21-10-13-27(32)25(28)19-21;;/h7-10,13,19,23,29,31-32H,2-6,11-12,14-18,20H2,1H3;2*1H. The van der Waals surface area contributed by atoms with E-state index in [0.29, 0.717) is 16.8 Å². The Balaban J connectivity index is 0.00000289. The molecular formula is C27H41Br2ClN2O2. The van der Waals surface area contributed by atoms with Crippen molar-refractivity contribution in [2.45, 2.75) is 70.8 Å². The Kier molecular flexibility index (Phi) is 15.4. The van der Waals surface area contributed by atoms with Crippen LogP contribution in [-0.4, -0.2) is 47.3 Å². The highest BCUT2D eigenvalue weighted by Crippen LogP contribution is 2.31. The quantitative estimate of drug-likeness (QED) is 0.214. The molecule has 34 heavy (non-hydrogen) atoms. The van der Waals surface area contributed by atoms with Crippen molar-refractivity contribution in [3.05, 3.63) is 58.1 Å². The summed E-state index contributed by atoms with van der Waals surface area (Å²) >= 11 is 5.96.